The molecule has 0 bridgehead atoms. The minimum absolute atomic E-state index is 0.0864. The van der Waals surface area contributed by atoms with Gasteiger partial charge in [0.25, 0.3) is 0 Å². The number of anilines is 1. The van der Waals surface area contributed by atoms with Crippen molar-refractivity contribution in [2.45, 2.75) is 33.6 Å². The van der Waals surface area contributed by atoms with Gasteiger partial charge in [0.05, 0.1) is 12.0 Å². The molecule has 20 heavy (non-hydrogen) atoms. The highest BCUT2D eigenvalue weighted by atomic mass is 16.1. The molecule has 1 aromatic carbocycles. The first kappa shape index (κ1) is 14.3. The lowest BCUT2D eigenvalue weighted by Gasteiger charge is -2.12. The van der Waals surface area contributed by atoms with Crippen LogP contribution in [0, 0.1) is 12.8 Å². The maximum Gasteiger partial charge on any atom is 0.227 e. The molecule has 2 aromatic rings. The van der Waals surface area contributed by atoms with Gasteiger partial charge in [0, 0.05) is 22.9 Å². The second-order valence-corrected chi connectivity index (χ2v) is 4.96. The number of carbonyl (C=O) groups is 1. The summed E-state index contributed by atoms with van der Waals surface area (Å²) in [5.41, 5.74) is 3.87. The molecular weight excluding hydrogens is 250 g/mol. The van der Waals surface area contributed by atoms with Crippen molar-refractivity contribution in [3.05, 3.63) is 36.3 Å². The molecule has 1 amide bonds. The average molecular weight is 271 g/mol. The zero-order valence-electron chi connectivity index (χ0n) is 12.2. The summed E-state index contributed by atoms with van der Waals surface area (Å²) in [6, 6.07) is 7.80. The number of hydrogen-bond acceptors (Lipinski definition) is 2. The van der Waals surface area contributed by atoms with E-state index in [-0.39, 0.29) is 11.8 Å². The number of imidazole rings is 1. The Labute approximate surface area is 119 Å². The zero-order chi connectivity index (χ0) is 14.5. The lowest BCUT2D eigenvalue weighted by molar-refractivity contribution is -0.120. The van der Waals surface area contributed by atoms with Crippen LogP contribution in [0.3, 0.4) is 0 Å². The van der Waals surface area contributed by atoms with E-state index >= 15 is 0 Å². The minimum atomic E-state index is 0.0864. The standard InChI is InChI=1S/C16H21N3O/c1-4-12(5-2)16(20)19-14-8-6-13(7-9-14)15-11(3)17-10-18-15/h6-10,12H,4-5H2,1-3H3,(H,17,18)(H,19,20). The number of aryl methyl sites for hydroxylation is 1. The fourth-order valence-electron chi connectivity index (χ4n) is 2.27. The van der Waals surface area contributed by atoms with Crippen LogP contribution < -0.4 is 5.32 Å². The summed E-state index contributed by atoms with van der Waals surface area (Å²) < 4.78 is 0. The maximum atomic E-state index is 12.0. The van der Waals surface area contributed by atoms with Crippen molar-refractivity contribution in [2.24, 2.45) is 5.92 Å². The predicted octanol–water partition coefficient (Wildman–Crippen LogP) is 3.76. The van der Waals surface area contributed by atoms with Crippen LogP contribution in [0.25, 0.3) is 11.3 Å². The summed E-state index contributed by atoms with van der Waals surface area (Å²) in [7, 11) is 0. The highest BCUT2D eigenvalue weighted by Gasteiger charge is 2.14. The molecule has 4 heteroatoms. The minimum Gasteiger partial charge on any atom is -0.348 e. The number of H-pyrrole nitrogens is 1. The molecule has 0 unspecified atom stereocenters. The Bertz CT molecular complexity index is 568. The first-order chi connectivity index (χ1) is 9.65. The number of benzene rings is 1. The summed E-state index contributed by atoms with van der Waals surface area (Å²) >= 11 is 0. The van der Waals surface area contributed by atoms with Gasteiger partial charge in [0.2, 0.25) is 5.91 Å². The molecule has 2 N–H and O–H groups in total. The number of aromatic amines is 1. The van der Waals surface area contributed by atoms with Crippen LogP contribution in [-0.2, 0) is 4.79 Å². The predicted molar refractivity (Wildman–Crippen MR) is 81.5 cm³/mol. The highest BCUT2D eigenvalue weighted by Crippen LogP contribution is 2.22. The lowest BCUT2D eigenvalue weighted by Crippen LogP contribution is -2.21. The van der Waals surface area contributed by atoms with Gasteiger partial charge in [-0.05, 0) is 31.9 Å². The largest absolute Gasteiger partial charge is 0.348 e. The van der Waals surface area contributed by atoms with Crippen LogP contribution in [0.4, 0.5) is 5.69 Å². The number of aromatic nitrogens is 2. The molecule has 0 spiro atoms. The molecule has 1 aromatic heterocycles. The van der Waals surface area contributed by atoms with Crippen LogP contribution in [0.5, 0.6) is 0 Å². The molecule has 4 nitrogen and oxygen atoms in total. The van der Waals surface area contributed by atoms with E-state index in [0.717, 1.165) is 35.5 Å². The Balaban J connectivity index is 2.09. The molecule has 0 aliphatic carbocycles. The van der Waals surface area contributed by atoms with E-state index in [9.17, 15) is 4.79 Å². The first-order valence-electron chi connectivity index (χ1n) is 7.07. The van der Waals surface area contributed by atoms with Gasteiger partial charge in [-0.25, -0.2) is 4.98 Å². The normalized spacial score (nSPS) is 10.8. The first-order valence-corrected chi connectivity index (χ1v) is 7.07. The van der Waals surface area contributed by atoms with E-state index in [1.807, 2.05) is 45.0 Å². The van der Waals surface area contributed by atoms with Crippen molar-refractivity contribution in [3.63, 3.8) is 0 Å². The van der Waals surface area contributed by atoms with Gasteiger partial charge >= 0.3 is 0 Å². The van der Waals surface area contributed by atoms with Crippen molar-refractivity contribution >= 4 is 11.6 Å². The number of nitrogens with one attached hydrogen (secondary N) is 2. The fourth-order valence-corrected chi connectivity index (χ4v) is 2.27. The average Bonchev–Trinajstić information content (AvgIpc) is 2.87. The van der Waals surface area contributed by atoms with Crippen molar-refractivity contribution < 1.29 is 4.79 Å². The quantitative estimate of drug-likeness (QED) is 0.870. The summed E-state index contributed by atoms with van der Waals surface area (Å²) in [4.78, 5) is 19.4. The van der Waals surface area contributed by atoms with Crippen LogP contribution in [0.1, 0.15) is 32.4 Å². The second-order valence-electron chi connectivity index (χ2n) is 4.96. The number of carbonyl (C=O) groups excluding carboxylic acids is 1. The van der Waals surface area contributed by atoms with Gasteiger partial charge in [-0.2, -0.15) is 0 Å². The molecule has 1 heterocycles. The van der Waals surface area contributed by atoms with E-state index in [2.05, 4.69) is 15.3 Å². The van der Waals surface area contributed by atoms with Crippen LogP contribution in [0.15, 0.2) is 30.6 Å². The molecule has 106 valence electrons. The number of hydrogen-bond donors (Lipinski definition) is 2. The van der Waals surface area contributed by atoms with E-state index in [4.69, 9.17) is 0 Å². The van der Waals surface area contributed by atoms with Crippen molar-refractivity contribution in [1.29, 1.82) is 0 Å². The molecular formula is C16H21N3O. The third-order valence-electron chi connectivity index (χ3n) is 3.61. The number of amides is 1. The monoisotopic (exact) mass is 271 g/mol. The van der Waals surface area contributed by atoms with E-state index in [1.165, 1.54) is 0 Å². The second kappa shape index (κ2) is 6.37. The van der Waals surface area contributed by atoms with E-state index in [0.29, 0.717) is 0 Å². The van der Waals surface area contributed by atoms with Crippen molar-refractivity contribution in [2.75, 3.05) is 5.32 Å². The van der Waals surface area contributed by atoms with Crippen molar-refractivity contribution in [1.82, 2.24) is 9.97 Å². The molecule has 0 saturated carbocycles. The summed E-state index contributed by atoms with van der Waals surface area (Å²) in [5, 5.41) is 2.96. The SMILES string of the molecule is CCC(CC)C(=O)Nc1ccc(-c2nc[nH]c2C)cc1. The van der Waals surface area contributed by atoms with Gasteiger partial charge in [-0.15, -0.1) is 0 Å². The molecule has 0 saturated heterocycles. The highest BCUT2D eigenvalue weighted by molar-refractivity contribution is 5.92. The van der Waals surface area contributed by atoms with Crippen LogP contribution in [0.2, 0.25) is 0 Å². The maximum absolute atomic E-state index is 12.0. The molecule has 0 aliphatic rings. The number of nitrogens with zero attached hydrogens (tertiary/aromatic N) is 1. The van der Waals surface area contributed by atoms with Gasteiger partial charge < -0.3 is 10.3 Å². The molecule has 0 radical (unpaired) electrons. The van der Waals surface area contributed by atoms with Crippen molar-refractivity contribution in [3.8, 4) is 11.3 Å². The van der Waals surface area contributed by atoms with Gasteiger partial charge in [0.15, 0.2) is 0 Å². The Morgan fingerprint density at radius 2 is 1.90 bits per heavy atom. The van der Waals surface area contributed by atoms with Gasteiger partial charge in [0.1, 0.15) is 0 Å². The van der Waals surface area contributed by atoms with Gasteiger partial charge in [-0.1, -0.05) is 26.0 Å². The lowest BCUT2D eigenvalue weighted by atomic mass is 10.0. The Hall–Kier alpha value is -2.10. The summed E-state index contributed by atoms with van der Waals surface area (Å²) in [6.45, 7) is 6.07. The van der Waals surface area contributed by atoms with Crippen LogP contribution >= 0.6 is 0 Å². The summed E-state index contributed by atoms with van der Waals surface area (Å²) in [5.74, 6) is 0.182. The molecule has 2 rings (SSSR count). The zero-order valence-corrected chi connectivity index (χ0v) is 12.2. The van der Waals surface area contributed by atoms with E-state index in [1.54, 1.807) is 6.33 Å². The topological polar surface area (TPSA) is 57.8 Å². The Morgan fingerprint density at radius 1 is 1.25 bits per heavy atom. The Kier molecular flexibility index (Phi) is 4.56. The van der Waals surface area contributed by atoms with Gasteiger partial charge in [-0.3, -0.25) is 4.79 Å². The molecule has 0 aliphatic heterocycles. The molecule has 0 fully saturated rings. The Morgan fingerprint density at radius 3 is 2.40 bits per heavy atom. The smallest absolute Gasteiger partial charge is 0.227 e. The third kappa shape index (κ3) is 3.07. The fraction of sp³-hybridized carbons (Fsp3) is 0.375. The molecule has 0 atom stereocenters. The summed E-state index contributed by atoms with van der Waals surface area (Å²) in [6.07, 6.45) is 3.42. The van der Waals surface area contributed by atoms with Crippen LogP contribution in [-0.4, -0.2) is 15.9 Å². The van der Waals surface area contributed by atoms with E-state index < -0.39 is 0 Å². The third-order valence-corrected chi connectivity index (χ3v) is 3.61. The number of rotatable bonds is 5.